The minimum absolute atomic E-state index is 0. The maximum atomic E-state index is 10.4. The lowest BCUT2D eigenvalue weighted by Gasteiger charge is -2.19. The van der Waals surface area contributed by atoms with Crippen LogP contribution in [0.5, 0.6) is 0 Å². The second kappa shape index (κ2) is 8.76. The van der Waals surface area contributed by atoms with Gasteiger partial charge in [-0.15, -0.1) is 24.0 Å². The van der Waals surface area contributed by atoms with Gasteiger partial charge in [-0.2, -0.15) is 0 Å². The zero-order valence-corrected chi connectivity index (χ0v) is 16.0. The van der Waals surface area contributed by atoms with Crippen molar-refractivity contribution in [1.82, 2.24) is 10.6 Å². The van der Waals surface area contributed by atoms with Crippen molar-refractivity contribution in [3.8, 4) is 0 Å². The minimum Gasteiger partial charge on any atom is -0.466 e. The average molecular weight is 421 g/mol. The fourth-order valence-corrected chi connectivity index (χ4v) is 2.51. The van der Waals surface area contributed by atoms with Crippen LogP contribution in [-0.2, 0) is 5.60 Å². The fourth-order valence-electron chi connectivity index (χ4n) is 2.51. The van der Waals surface area contributed by atoms with Crippen molar-refractivity contribution in [3.63, 3.8) is 0 Å². The van der Waals surface area contributed by atoms with Crippen LogP contribution in [0.3, 0.4) is 0 Å². The van der Waals surface area contributed by atoms with Crippen LogP contribution in [0.4, 0.5) is 0 Å². The van der Waals surface area contributed by atoms with Crippen LogP contribution in [0.2, 0.25) is 0 Å². The molecule has 5 nitrogen and oxygen atoms in total. The van der Waals surface area contributed by atoms with E-state index in [2.05, 4.69) is 22.5 Å². The monoisotopic (exact) mass is 421 g/mol. The first-order chi connectivity index (χ1) is 10.1. The molecule has 1 heterocycles. The quantitative estimate of drug-likeness (QED) is 0.360. The highest BCUT2D eigenvalue weighted by Gasteiger charge is 2.36. The molecule has 0 bridgehead atoms. The molecule has 0 saturated heterocycles. The maximum absolute atomic E-state index is 10.4. The third kappa shape index (κ3) is 5.46. The van der Waals surface area contributed by atoms with Gasteiger partial charge in [-0.3, -0.25) is 0 Å². The van der Waals surface area contributed by atoms with E-state index in [1.54, 1.807) is 25.3 Å². The Morgan fingerprint density at radius 1 is 1.50 bits per heavy atom. The molecule has 0 radical (unpaired) electrons. The Labute approximate surface area is 150 Å². The Balaban J connectivity index is 0.00000242. The number of hydrogen-bond acceptors (Lipinski definition) is 3. The summed E-state index contributed by atoms with van der Waals surface area (Å²) in [5.74, 6) is 2.08. The van der Waals surface area contributed by atoms with E-state index in [0.717, 1.165) is 18.4 Å². The summed E-state index contributed by atoms with van der Waals surface area (Å²) in [5.41, 5.74) is -1.09. The van der Waals surface area contributed by atoms with Gasteiger partial charge >= 0.3 is 0 Å². The number of nitrogens with zero attached hydrogens (tertiary/aromatic N) is 1. The average Bonchev–Trinajstić information content (AvgIpc) is 2.94. The van der Waals surface area contributed by atoms with E-state index >= 15 is 0 Å². The SMILES string of the molecule is CCCC1CC1NC(=NCC(C)(O)c1ccco1)NCC.I. The Morgan fingerprint density at radius 2 is 2.27 bits per heavy atom. The first kappa shape index (κ1) is 19.3. The van der Waals surface area contributed by atoms with Crippen molar-refractivity contribution in [2.24, 2.45) is 10.9 Å². The molecule has 2 rings (SSSR count). The number of guanidine groups is 1. The number of hydrogen-bond donors (Lipinski definition) is 3. The highest BCUT2D eigenvalue weighted by atomic mass is 127. The van der Waals surface area contributed by atoms with Gasteiger partial charge in [0.2, 0.25) is 0 Å². The molecule has 1 aromatic heterocycles. The highest BCUT2D eigenvalue weighted by molar-refractivity contribution is 14.0. The topological polar surface area (TPSA) is 69.8 Å². The first-order valence-electron chi connectivity index (χ1n) is 7.88. The van der Waals surface area contributed by atoms with Crippen molar-refractivity contribution in [2.75, 3.05) is 13.1 Å². The molecule has 3 N–H and O–H groups in total. The summed E-state index contributed by atoms with van der Waals surface area (Å²) in [6.45, 7) is 7.05. The largest absolute Gasteiger partial charge is 0.466 e. The van der Waals surface area contributed by atoms with E-state index < -0.39 is 5.60 Å². The molecule has 0 spiro atoms. The highest BCUT2D eigenvalue weighted by Crippen LogP contribution is 2.34. The summed E-state index contributed by atoms with van der Waals surface area (Å²) in [5, 5.41) is 17.1. The van der Waals surface area contributed by atoms with E-state index in [1.165, 1.54) is 19.3 Å². The summed E-state index contributed by atoms with van der Waals surface area (Å²) in [7, 11) is 0. The van der Waals surface area contributed by atoms with Crippen molar-refractivity contribution in [1.29, 1.82) is 0 Å². The molecule has 0 aromatic carbocycles. The molecular formula is C16H28IN3O2. The van der Waals surface area contributed by atoms with Gasteiger partial charge < -0.3 is 20.2 Å². The number of aliphatic imine (C=N–C) groups is 1. The molecule has 1 aromatic rings. The predicted molar refractivity (Wildman–Crippen MR) is 99.6 cm³/mol. The van der Waals surface area contributed by atoms with Crippen LogP contribution < -0.4 is 10.6 Å². The number of nitrogens with one attached hydrogen (secondary N) is 2. The van der Waals surface area contributed by atoms with Gasteiger partial charge in [0.05, 0.1) is 12.8 Å². The first-order valence-corrected chi connectivity index (χ1v) is 7.88. The molecule has 22 heavy (non-hydrogen) atoms. The Hall–Kier alpha value is -0.760. The lowest BCUT2D eigenvalue weighted by atomic mass is 10.0. The van der Waals surface area contributed by atoms with Gasteiger partial charge in [0.25, 0.3) is 0 Å². The van der Waals surface area contributed by atoms with Gasteiger partial charge in [0.15, 0.2) is 5.96 Å². The number of aliphatic hydroxyl groups is 1. The van der Waals surface area contributed by atoms with Crippen LogP contribution in [0.15, 0.2) is 27.8 Å². The number of halogens is 1. The van der Waals surface area contributed by atoms with Gasteiger partial charge in [0, 0.05) is 12.6 Å². The van der Waals surface area contributed by atoms with E-state index in [4.69, 9.17) is 4.42 Å². The zero-order valence-electron chi connectivity index (χ0n) is 13.6. The van der Waals surface area contributed by atoms with E-state index in [9.17, 15) is 5.11 Å². The Morgan fingerprint density at radius 3 is 2.86 bits per heavy atom. The maximum Gasteiger partial charge on any atom is 0.191 e. The van der Waals surface area contributed by atoms with Gasteiger partial charge in [-0.25, -0.2) is 4.99 Å². The van der Waals surface area contributed by atoms with E-state index in [1.807, 2.05) is 6.92 Å². The van der Waals surface area contributed by atoms with Crippen molar-refractivity contribution >= 4 is 29.9 Å². The molecule has 1 fully saturated rings. The van der Waals surface area contributed by atoms with Crippen LogP contribution >= 0.6 is 24.0 Å². The third-order valence-electron chi connectivity index (χ3n) is 3.85. The molecule has 0 aliphatic heterocycles. The van der Waals surface area contributed by atoms with Crippen molar-refractivity contribution in [3.05, 3.63) is 24.2 Å². The Kier molecular flexibility index (Phi) is 7.68. The lowest BCUT2D eigenvalue weighted by Crippen LogP contribution is -2.40. The summed E-state index contributed by atoms with van der Waals surface area (Å²) in [4.78, 5) is 4.50. The Bertz CT molecular complexity index is 460. The molecule has 3 atom stereocenters. The molecule has 1 aliphatic carbocycles. The lowest BCUT2D eigenvalue weighted by molar-refractivity contribution is 0.0437. The zero-order chi connectivity index (χ0) is 15.3. The van der Waals surface area contributed by atoms with Gasteiger partial charge in [0.1, 0.15) is 11.4 Å². The van der Waals surface area contributed by atoms with Crippen molar-refractivity contribution < 1.29 is 9.52 Å². The van der Waals surface area contributed by atoms with E-state index in [-0.39, 0.29) is 30.5 Å². The molecular weight excluding hydrogens is 393 g/mol. The normalized spacial score (nSPS) is 23.4. The summed E-state index contributed by atoms with van der Waals surface area (Å²) < 4.78 is 5.27. The molecule has 3 unspecified atom stereocenters. The minimum atomic E-state index is -1.09. The number of rotatable bonds is 7. The van der Waals surface area contributed by atoms with Gasteiger partial charge in [-0.1, -0.05) is 13.3 Å². The summed E-state index contributed by atoms with van der Waals surface area (Å²) >= 11 is 0. The smallest absolute Gasteiger partial charge is 0.191 e. The number of furan rings is 1. The van der Waals surface area contributed by atoms with Crippen molar-refractivity contribution in [2.45, 2.75) is 51.7 Å². The molecule has 6 heteroatoms. The molecule has 126 valence electrons. The van der Waals surface area contributed by atoms with Crippen LogP contribution in [0, 0.1) is 5.92 Å². The van der Waals surface area contributed by atoms with Crippen LogP contribution in [-0.4, -0.2) is 30.2 Å². The molecule has 1 aliphatic rings. The fraction of sp³-hybridized carbons (Fsp3) is 0.688. The van der Waals surface area contributed by atoms with Crippen LogP contribution in [0.1, 0.15) is 45.8 Å². The summed E-state index contributed by atoms with van der Waals surface area (Å²) in [6, 6.07) is 4.07. The van der Waals surface area contributed by atoms with Crippen LogP contribution in [0.25, 0.3) is 0 Å². The van der Waals surface area contributed by atoms with E-state index in [0.29, 0.717) is 11.8 Å². The van der Waals surface area contributed by atoms with Gasteiger partial charge in [-0.05, 0) is 44.7 Å². The summed E-state index contributed by atoms with van der Waals surface area (Å²) in [6.07, 6.45) is 5.27. The predicted octanol–water partition coefficient (Wildman–Crippen LogP) is 2.85. The standard InChI is InChI=1S/C16H27N3O2.HI/c1-4-7-12-10-13(12)19-15(17-5-2)18-11-16(3,20)14-8-6-9-21-14;/h6,8-9,12-13,20H,4-5,7,10-11H2,1-3H3,(H2,17,18,19);1H. The molecule has 1 saturated carbocycles. The third-order valence-corrected chi connectivity index (χ3v) is 3.85. The second-order valence-corrected chi connectivity index (χ2v) is 5.98. The second-order valence-electron chi connectivity index (χ2n) is 5.98. The molecule has 0 amide bonds.